The van der Waals surface area contributed by atoms with E-state index in [2.05, 4.69) is 15.4 Å². The van der Waals surface area contributed by atoms with Gasteiger partial charge in [-0.3, -0.25) is 14.4 Å². The summed E-state index contributed by atoms with van der Waals surface area (Å²) >= 11 is 0. The highest BCUT2D eigenvalue weighted by atomic mass is 32.2. The summed E-state index contributed by atoms with van der Waals surface area (Å²) < 4.78 is 28.0. The molecule has 3 N–H and O–H groups in total. The van der Waals surface area contributed by atoms with Gasteiger partial charge in [0.25, 0.3) is 10.0 Å². The van der Waals surface area contributed by atoms with Gasteiger partial charge in [0.1, 0.15) is 6.04 Å². The average molecular weight is 627 g/mol. The molecule has 242 valence electrons. The summed E-state index contributed by atoms with van der Waals surface area (Å²) in [6.07, 6.45) is 1.60. The molecule has 0 spiro atoms. The Labute approximate surface area is 263 Å². The van der Waals surface area contributed by atoms with Gasteiger partial charge in [-0.25, -0.2) is 13.1 Å². The van der Waals surface area contributed by atoms with Crippen LogP contribution in [0.4, 0.5) is 0 Å². The van der Waals surface area contributed by atoms with Crippen LogP contribution in [0, 0.1) is 24.2 Å². The number of amides is 3. The van der Waals surface area contributed by atoms with Crippen LogP contribution in [0.5, 0.6) is 0 Å². The van der Waals surface area contributed by atoms with Crippen LogP contribution in [-0.4, -0.2) is 57.2 Å². The molecule has 0 bridgehead atoms. The van der Waals surface area contributed by atoms with E-state index in [1.54, 1.807) is 52.2 Å². The maximum atomic E-state index is 14.1. The number of likely N-dealkylation sites (N-methyl/N-ethyl adjacent to an activating group) is 2. The summed E-state index contributed by atoms with van der Waals surface area (Å²) in [4.78, 5) is 42.3. The van der Waals surface area contributed by atoms with E-state index >= 15 is 0 Å². The lowest BCUT2D eigenvalue weighted by Crippen LogP contribution is -2.60. The number of sulfonamides is 1. The van der Waals surface area contributed by atoms with Gasteiger partial charge >= 0.3 is 0 Å². The Balaban J connectivity index is 2.35. The van der Waals surface area contributed by atoms with Gasteiger partial charge < -0.3 is 15.5 Å². The molecule has 0 aliphatic heterocycles. The molecular weight excluding hydrogens is 576 g/mol. The summed E-state index contributed by atoms with van der Waals surface area (Å²) in [6.45, 7) is 16.6. The van der Waals surface area contributed by atoms with Crippen LogP contribution in [0.1, 0.15) is 66.5 Å². The van der Waals surface area contributed by atoms with E-state index in [1.165, 1.54) is 11.0 Å². The SMILES string of the molecule is CN[C@H](C(=O)N[C@H](C(=O)N(C)/C(=C/C(C)C(=O)NS(=O)(=O)c1ccccc1C)C(C)C)C(C)(C)C)C(C)(C)c1ccccc1. The fourth-order valence-electron chi connectivity index (χ4n) is 5.21. The lowest BCUT2D eigenvalue weighted by molar-refractivity contribution is -0.138. The molecule has 3 amide bonds. The van der Waals surface area contributed by atoms with Gasteiger partial charge in [0.15, 0.2) is 0 Å². The summed E-state index contributed by atoms with van der Waals surface area (Å²) in [6, 6.07) is 14.6. The molecule has 44 heavy (non-hydrogen) atoms. The standard InChI is InChI=1S/C34H50N4O5S/c1-22(2)26(21-24(4)30(39)37-44(42,43)27-20-16-15-17-23(27)3)38(11)32(41)29(33(5,6)7)36-31(40)28(35-10)34(8,9)25-18-13-12-14-19-25/h12-22,24,28-29,35H,1-11H3,(H,36,40)(H,37,39)/b26-21+/t24?,28-,29-/m1/s1. The third-order valence-corrected chi connectivity index (χ3v) is 9.46. The zero-order chi connectivity index (χ0) is 33.6. The number of carbonyl (C=O) groups excluding carboxylic acids is 3. The van der Waals surface area contributed by atoms with E-state index < -0.39 is 44.8 Å². The number of nitrogens with one attached hydrogen (secondary N) is 3. The van der Waals surface area contributed by atoms with Crippen LogP contribution in [0.2, 0.25) is 0 Å². The number of nitrogens with zero attached hydrogens (tertiary/aromatic N) is 1. The summed E-state index contributed by atoms with van der Waals surface area (Å²) in [7, 11) is -0.749. The minimum Gasteiger partial charge on any atom is -0.342 e. The molecule has 1 unspecified atom stereocenters. The molecule has 2 aromatic carbocycles. The zero-order valence-electron chi connectivity index (χ0n) is 28.0. The van der Waals surface area contributed by atoms with Crippen LogP contribution in [0.25, 0.3) is 0 Å². The molecule has 0 aliphatic rings. The van der Waals surface area contributed by atoms with Crippen molar-refractivity contribution in [2.45, 2.75) is 84.7 Å². The smallest absolute Gasteiger partial charge is 0.264 e. The summed E-state index contributed by atoms with van der Waals surface area (Å²) in [5, 5.41) is 6.15. The second-order valence-electron chi connectivity index (χ2n) is 13.3. The summed E-state index contributed by atoms with van der Waals surface area (Å²) in [5.41, 5.74) is 0.799. The van der Waals surface area contributed by atoms with Crippen molar-refractivity contribution >= 4 is 27.7 Å². The van der Waals surface area contributed by atoms with E-state index in [-0.39, 0.29) is 22.6 Å². The number of carbonyl (C=O) groups is 3. The largest absolute Gasteiger partial charge is 0.342 e. The van der Waals surface area contributed by atoms with Gasteiger partial charge in [-0.15, -0.1) is 0 Å². The number of benzene rings is 2. The van der Waals surface area contributed by atoms with E-state index in [4.69, 9.17) is 0 Å². The highest BCUT2D eigenvalue weighted by molar-refractivity contribution is 7.90. The lowest BCUT2D eigenvalue weighted by Gasteiger charge is -2.39. The Morgan fingerprint density at radius 1 is 0.841 bits per heavy atom. The molecule has 0 aromatic heterocycles. The van der Waals surface area contributed by atoms with Crippen molar-refractivity contribution in [3.8, 4) is 0 Å². The van der Waals surface area contributed by atoms with Crippen LogP contribution in [-0.2, 0) is 29.8 Å². The molecule has 0 fully saturated rings. The molecular formula is C34H50N4O5S. The molecule has 0 saturated carbocycles. The van der Waals surface area contributed by atoms with Gasteiger partial charge in [0.2, 0.25) is 17.7 Å². The van der Waals surface area contributed by atoms with E-state index in [0.29, 0.717) is 11.3 Å². The first kappa shape index (κ1) is 36.7. The monoisotopic (exact) mass is 626 g/mol. The van der Waals surface area contributed by atoms with Crippen molar-refractivity contribution in [1.82, 2.24) is 20.3 Å². The first-order valence-electron chi connectivity index (χ1n) is 14.9. The van der Waals surface area contributed by atoms with Crippen molar-refractivity contribution in [3.05, 3.63) is 77.5 Å². The molecule has 0 saturated heterocycles. The zero-order valence-corrected chi connectivity index (χ0v) is 28.8. The minimum absolute atomic E-state index is 0.0278. The molecule has 10 heteroatoms. The lowest BCUT2D eigenvalue weighted by atomic mass is 9.76. The number of rotatable bonds is 12. The predicted octanol–water partition coefficient (Wildman–Crippen LogP) is 4.53. The highest BCUT2D eigenvalue weighted by Gasteiger charge is 2.41. The van der Waals surface area contributed by atoms with Gasteiger partial charge in [-0.05, 0) is 49.4 Å². The first-order valence-corrected chi connectivity index (χ1v) is 16.4. The van der Waals surface area contributed by atoms with E-state index in [0.717, 1.165) is 5.56 Å². The number of hydrogen-bond donors (Lipinski definition) is 3. The average Bonchev–Trinajstić information content (AvgIpc) is 2.93. The molecule has 9 nitrogen and oxygen atoms in total. The van der Waals surface area contributed by atoms with Crippen molar-refractivity contribution < 1.29 is 22.8 Å². The third kappa shape index (κ3) is 8.79. The third-order valence-electron chi connectivity index (χ3n) is 7.95. The van der Waals surface area contributed by atoms with Crippen LogP contribution in [0.15, 0.2) is 71.3 Å². The molecule has 2 aromatic rings. The number of aryl methyl sites for hydroxylation is 1. The molecule has 0 radical (unpaired) electrons. The van der Waals surface area contributed by atoms with Crippen LogP contribution >= 0.6 is 0 Å². The van der Waals surface area contributed by atoms with E-state index in [1.807, 2.05) is 78.8 Å². The Morgan fingerprint density at radius 2 is 1.39 bits per heavy atom. The second-order valence-corrected chi connectivity index (χ2v) is 14.9. The van der Waals surface area contributed by atoms with E-state index in [9.17, 15) is 22.8 Å². The maximum absolute atomic E-state index is 14.1. The molecule has 3 atom stereocenters. The van der Waals surface area contributed by atoms with Gasteiger partial charge in [0, 0.05) is 18.2 Å². The molecule has 2 rings (SSSR count). The van der Waals surface area contributed by atoms with Crippen molar-refractivity contribution in [2.75, 3.05) is 14.1 Å². The van der Waals surface area contributed by atoms with Gasteiger partial charge in [-0.2, -0.15) is 0 Å². The van der Waals surface area contributed by atoms with Crippen LogP contribution in [0.3, 0.4) is 0 Å². The second kappa shape index (κ2) is 14.5. The highest BCUT2D eigenvalue weighted by Crippen LogP contribution is 2.29. The van der Waals surface area contributed by atoms with Gasteiger partial charge in [0.05, 0.1) is 16.9 Å². The quantitative estimate of drug-likeness (QED) is 0.318. The van der Waals surface area contributed by atoms with Crippen molar-refractivity contribution in [3.63, 3.8) is 0 Å². The maximum Gasteiger partial charge on any atom is 0.264 e. The number of hydrogen-bond acceptors (Lipinski definition) is 6. The van der Waals surface area contributed by atoms with Crippen LogP contribution < -0.4 is 15.4 Å². The van der Waals surface area contributed by atoms with Crippen molar-refractivity contribution in [1.29, 1.82) is 0 Å². The summed E-state index contributed by atoms with van der Waals surface area (Å²) in [5.74, 6) is -2.44. The fourth-order valence-corrected chi connectivity index (χ4v) is 6.52. The molecule has 0 heterocycles. The predicted molar refractivity (Wildman–Crippen MR) is 175 cm³/mol. The normalized spacial score (nSPS) is 14.9. The Hall–Kier alpha value is -3.50. The topological polar surface area (TPSA) is 125 Å². The van der Waals surface area contributed by atoms with Gasteiger partial charge in [-0.1, -0.05) is 103 Å². The minimum atomic E-state index is -4.08. The number of allylic oxidation sites excluding steroid dienone is 1. The molecule has 0 aliphatic carbocycles. The first-order chi connectivity index (χ1) is 20.2. The Morgan fingerprint density at radius 3 is 1.89 bits per heavy atom. The Kier molecular flexibility index (Phi) is 12.1. The fraction of sp³-hybridized carbons (Fsp3) is 0.500. The van der Waals surface area contributed by atoms with Crippen molar-refractivity contribution in [2.24, 2.45) is 17.3 Å². The Bertz CT molecular complexity index is 1460.